The van der Waals surface area contributed by atoms with E-state index in [2.05, 4.69) is 25.9 Å². The quantitative estimate of drug-likeness (QED) is 0.460. The van der Waals surface area contributed by atoms with Gasteiger partial charge in [-0.05, 0) is 60.8 Å². The van der Waals surface area contributed by atoms with Crippen LogP contribution in [0.3, 0.4) is 0 Å². The Hall–Kier alpha value is -3.36. The monoisotopic (exact) mass is 464 g/mol. The number of benzene rings is 2. The summed E-state index contributed by atoms with van der Waals surface area (Å²) in [6, 6.07) is 13.8. The second-order valence-corrected chi connectivity index (χ2v) is 8.57. The summed E-state index contributed by atoms with van der Waals surface area (Å²) in [6.45, 7) is 2.08. The second-order valence-electron chi connectivity index (χ2n) is 8.16. The van der Waals surface area contributed by atoms with Crippen molar-refractivity contribution in [2.45, 2.75) is 19.4 Å². The summed E-state index contributed by atoms with van der Waals surface area (Å²) >= 11 is 6.47. The number of halogens is 2. The Morgan fingerprint density at radius 3 is 2.85 bits per heavy atom. The summed E-state index contributed by atoms with van der Waals surface area (Å²) in [5, 5.41) is 15.1. The van der Waals surface area contributed by atoms with E-state index in [0.29, 0.717) is 23.9 Å². The molecule has 1 aliphatic heterocycles. The van der Waals surface area contributed by atoms with Crippen molar-refractivity contribution in [3.05, 3.63) is 71.1 Å². The van der Waals surface area contributed by atoms with Crippen LogP contribution in [0.5, 0.6) is 0 Å². The Kier molecular flexibility index (Phi) is 6.02. The van der Waals surface area contributed by atoms with E-state index in [1.807, 2.05) is 18.2 Å². The van der Waals surface area contributed by atoms with Crippen molar-refractivity contribution in [1.82, 2.24) is 25.3 Å². The summed E-state index contributed by atoms with van der Waals surface area (Å²) in [4.78, 5) is 16.9. The summed E-state index contributed by atoms with van der Waals surface area (Å²) < 4.78 is 15.0. The first-order chi connectivity index (χ1) is 16.1. The standard InChI is InChI=1S/C24H22ClFN6O/c25-20-13-28-23(29-24(33)17-2-1-9-27-12-17)11-19(20)16-5-8-21-22(10-16)32(31-30-21)14-15-3-6-18(26)7-4-15/h3-8,10-11,13,17,27H,1-2,9,12,14H2,(H,28,29,33)/t17-/m1/s1. The average molecular weight is 465 g/mol. The molecule has 33 heavy (non-hydrogen) atoms. The van der Waals surface area contributed by atoms with Crippen LogP contribution in [0, 0.1) is 11.7 Å². The van der Waals surface area contributed by atoms with Crippen molar-refractivity contribution < 1.29 is 9.18 Å². The molecule has 1 amide bonds. The number of carbonyl (C=O) groups excluding carboxylic acids is 1. The molecule has 1 saturated heterocycles. The van der Waals surface area contributed by atoms with Gasteiger partial charge in [0.2, 0.25) is 5.91 Å². The number of piperidine rings is 1. The Balaban J connectivity index is 1.42. The Labute approximate surface area is 195 Å². The lowest BCUT2D eigenvalue weighted by atomic mass is 9.99. The minimum Gasteiger partial charge on any atom is -0.316 e. The van der Waals surface area contributed by atoms with Gasteiger partial charge < -0.3 is 10.6 Å². The fraction of sp³-hybridized carbons (Fsp3) is 0.250. The number of pyridine rings is 1. The van der Waals surface area contributed by atoms with Gasteiger partial charge in [-0.15, -0.1) is 5.10 Å². The second kappa shape index (κ2) is 9.25. The summed E-state index contributed by atoms with van der Waals surface area (Å²) in [5.41, 5.74) is 4.08. The zero-order valence-electron chi connectivity index (χ0n) is 17.8. The molecule has 168 valence electrons. The number of hydrogen-bond acceptors (Lipinski definition) is 5. The molecule has 7 nitrogen and oxygen atoms in total. The first-order valence-electron chi connectivity index (χ1n) is 10.8. The van der Waals surface area contributed by atoms with Gasteiger partial charge in [-0.2, -0.15) is 0 Å². The minimum atomic E-state index is -0.278. The molecule has 5 rings (SSSR count). The molecule has 1 atom stereocenters. The van der Waals surface area contributed by atoms with Gasteiger partial charge in [-0.1, -0.05) is 35.0 Å². The van der Waals surface area contributed by atoms with Crippen LogP contribution in [0.4, 0.5) is 10.2 Å². The zero-order valence-corrected chi connectivity index (χ0v) is 18.5. The van der Waals surface area contributed by atoms with E-state index in [9.17, 15) is 9.18 Å². The predicted octanol–water partition coefficient (Wildman–Crippen LogP) is 4.27. The third-order valence-electron chi connectivity index (χ3n) is 5.84. The van der Waals surface area contributed by atoms with E-state index >= 15 is 0 Å². The molecular formula is C24H22ClFN6O. The fourth-order valence-corrected chi connectivity index (χ4v) is 4.26. The number of rotatable bonds is 5. The number of nitrogens with one attached hydrogen (secondary N) is 2. The van der Waals surface area contributed by atoms with Gasteiger partial charge in [-0.25, -0.2) is 14.1 Å². The topological polar surface area (TPSA) is 84.7 Å². The van der Waals surface area contributed by atoms with Gasteiger partial charge >= 0.3 is 0 Å². The molecule has 1 aliphatic rings. The van der Waals surface area contributed by atoms with Crippen molar-refractivity contribution in [1.29, 1.82) is 0 Å². The maximum atomic E-state index is 13.2. The van der Waals surface area contributed by atoms with Crippen molar-refractivity contribution in [2.75, 3.05) is 18.4 Å². The first-order valence-corrected chi connectivity index (χ1v) is 11.2. The predicted molar refractivity (Wildman–Crippen MR) is 125 cm³/mol. The van der Waals surface area contributed by atoms with Crippen molar-refractivity contribution in [3.63, 3.8) is 0 Å². The largest absolute Gasteiger partial charge is 0.316 e. The first kappa shape index (κ1) is 21.5. The Morgan fingerprint density at radius 2 is 2.06 bits per heavy atom. The zero-order chi connectivity index (χ0) is 22.8. The van der Waals surface area contributed by atoms with Crippen LogP contribution >= 0.6 is 11.6 Å². The molecule has 9 heteroatoms. The smallest absolute Gasteiger partial charge is 0.229 e. The molecule has 4 aromatic rings. The molecule has 0 bridgehead atoms. The SMILES string of the molecule is O=C(Nc1cc(-c2ccc3nnn(Cc4ccc(F)cc4)c3c2)c(Cl)cn1)[C@@H]1CCCNC1. The van der Waals surface area contributed by atoms with E-state index < -0.39 is 0 Å². The van der Waals surface area contributed by atoms with Gasteiger partial charge in [0.05, 0.1) is 23.0 Å². The van der Waals surface area contributed by atoms with E-state index in [-0.39, 0.29) is 17.6 Å². The molecule has 3 heterocycles. The minimum absolute atomic E-state index is 0.0417. The molecule has 2 aromatic carbocycles. The lowest BCUT2D eigenvalue weighted by Crippen LogP contribution is -2.37. The maximum Gasteiger partial charge on any atom is 0.229 e. The van der Waals surface area contributed by atoms with Crippen LogP contribution in [0.1, 0.15) is 18.4 Å². The van der Waals surface area contributed by atoms with Gasteiger partial charge in [-0.3, -0.25) is 4.79 Å². The highest BCUT2D eigenvalue weighted by Crippen LogP contribution is 2.31. The summed E-state index contributed by atoms with van der Waals surface area (Å²) in [6.07, 6.45) is 3.39. The van der Waals surface area contributed by atoms with Crippen LogP contribution in [-0.4, -0.2) is 39.0 Å². The Morgan fingerprint density at radius 1 is 1.21 bits per heavy atom. The van der Waals surface area contributed by atoms with Crippen LogP contribution < -0.4 is 10.6 Å². The lowest BCUT2D eigenvalue weighted by molar-refractivity contribution is -0.120. The normalized spacial score (nSPS) is 16.1. The molecular weight excluding hydrogens is 443 g/mol. The number of carbonyl (C=O) groups is 1. The van der Waals surface area contributed by atoms with Crippen molar-refractivity contribution in [2.24, 2.45) is 5.92 Å². The lowest BCUT2D eigenvalue weighted by Gasteiger charge is -2.21. The van der Waals surface area contributed by atoms with Gasteiger partial charge in [0.15, 0.2) is 0 Å². The van der Waals surface area contributed by atoms with Gasteiger partial charge in [0.1, 0.15) is 17.2 Å². The number of fused-ring (bicyclic) bond motifs is 1. The molecule has 0 radical (unpaired) electrons. The van der Waals surface area contributed by atoms with Crippen molar-refractivity contribution >= 4 is 34.4 Å². The number of amides is 1. The number of anilines is 1. The van der Waals surface area contributed by atoms with Gasteiger partial charge in [0, 0.05) is 18.3 Å². The molecule has 0 aliphatic carbocycles. The highest BCUT2D eigenvalue weighted by atomic mass is 35.5. The molecule has 2 N–H and O–H groups in total. The molecule has 0 saturated carbocycles. The average Bonchev–Trinajstić information content (AvgIpc) is 3.24. The molecule has 1 fully saturated rings. The van der Waals surface area contributed by atoms with E-state index in [4.69, 9.17) is 11.6 Å². The van der Waals surface area contributed by atoms with Gasteiger partial charge in [0.25, 0.3) is 0 Å². The van der Waals surface area contributed by atoms with E-state index in [1.54, 1.807) is 29.1 Å². The highest BCUT2D eigenvalue weighted by molar-refractivity contribution is 6.33. The van der Waals surface area contributed by atoms with Crippen molar-refractivity contribution in [3.8, 4) is 11.1 Å². The molecule has 2 aromatic heterocycles. The number of nitrogens with zero attached hydrogens (tertiary/aromatic N) is 4. The van der Waals surface area contributed by atoms with Crippen LogP contribution in [0.25, 0.3) is 22.2 Å². The number of hydrogen-bond donors (Lipinski definition) is 2. The third kappa shape index (κ3) is 4.72. The number of aromatic nitrogens is 4. The van der Waals surface area contributed by atoms with Crippen LogP contribution in [0.15, 0.2) is 54.7 Å². The summed E-state index contributed by atoms with van der Waals surface area (Å²) in [5.74, 6) is 0.0744. The van der Waals surface area contributed by atoms with E-state index in [1.165, 1.54) is 12.1 Å². The Bertz CT molecular complexity index is 1300. The third-order valence-corrected chi connectivity index (χ3v) is 6.15. The van der Waals surface area contributed by atoms with Crippen LogP contribution in [0.2, 0.25) is 5.02 Å². The van der Waals surface area contributed by atoms with Crippen LogP contribution in [-0.2, 0) is 11.3 Å². The van der Waals surface area contributed by atoms with E-state index in [0.717, 1.165) is 47.1 Å². The fourth-order valence-electron chi connectivity index (χ4n) is 4.04. The highest BCUT2D eigenvalue weighted by Gasteiger charge is 2.21. The maximum absolute atomic E-state index is 13.2. The molecule has 0 unspecified atom stereocenters. The summed E-state index contributed by atoms with van der Waals surface area (Å²) in [7, 11) is 0. The molecule has 0 spiro atoms.